The van der Waals surface area contributed by atoms with Crippen molar-refractivity contribution in [1.82, 2.24) is 15.6 Å². The first-order valence-corrected chi connectivity index (χ1v) is 9.09. The van der Waals surface area contributed by atoms with E-state index in [0.29, 0.717) is 6.10 Å². The summed E-state index contributed by atoms with van der Waals surface area (Å²) in [7, 11) is 0. The van der Waals surface area contributed by atoms with Crippen LogP contribution in [-0.4, -0.2) is 29.8 Å². The number of amides is 2. The third kappa shape index (κ3) is 5.25. The predicted molar refractivity (Wildman–Crippen MR) is 89.2 cm³/mol. The van der Waals surface area contributed by atoms with E-state index in [2.05, 4.69) is 22.5 Å². The fourth-order valence-electron chi connectivity index (χ4n) is 2.60. The van der Waals surface area contributed by atoms with Gasteiger partial charge in [0, 0.05) is 18.0 Å². The summed E-state index contributed by atoms with van der Waals surface area (Å²) in [5.41, 5.74) is 0.934. The van der Waals surface area contributed by atoms with Crippen molar-refractivity contribution in [1.29, 1.82) is 0 Å². The minimum Gasteiger partial charge on any atom is -0.378 e. The third-order valence-corrected chi connectivity index (χ3v) is 5.00. The van der Waals surface area contributed by atoms with Crippen LogP contribution in [-0.2, 0) is 11.2 Å². The number of hydrogen-bond acceptors (Lipinski definition) is 4. The fourth-order valence-corrected chi connectivity index (χ4v) is 3.44. The molecular weight excluding hydrogens is 298 g/mol. The molecule has 1 saturated heterocycles. The van der Waals surface area contributed by atoms with Gasteiger partial charge in [-0.1, -0.05) is 6.92 Å². The molecule has 0 unspecified atom stereocenters. The molecule has 2 amide bonds. The maximum atomic E-state index is 12.0. The van der Waals surface area contributed by atoms with Crippen LogP contribution >= 0.6 is 11.3 Å². The molecule has 2 heterocycles. The van der Waals surface area contributed by atoms with E-state index in [1.54, 1.807) is 11.3 Å². The van der Waals surface area contributed by atoms with Gasteiger partial charge in [-0.15, -0.1) is 11.3 Å². The summed E-state index contributed by atoms with van der Waals surface area (Å²) < 4.78 is 5.61. The first-order valence-electron chi connectivity index (χ1n) is 8.21. The van der Waals surface area contributed by atoms with Crippen LogP contribution in [0.3, 0.4) is 0 Å². The molecule has 2 N–H and O–H groups in total. The molecule has 0 aliphatic carbocycles. The Bertz CT molecular complexity index is 472. The lowest BCUT2D eigenvalue weighted by Gasteiger charge is -2.18. The topological polar surface area (TPSA) is 63.2 Å². The molecule has 0 aromatic carbocycles. The van der Waals surface area contributed by atoms with Crippen molar-refractivity contribution in [2.75, 3.05) is 6.61 Å². The highest BCUT2D eigenvalue weighted by atomic mass is 32.1. The monoisotopic (exact) mass is 325 g/mol. The van der Waals surface area contributed by atoms with Crippen LogP contribution in [0.5, 0.6) is 0 Å². The lowest BCUT2D eigenvalue weighted by molar-refractivity contribution is 0.100. The van der Waals surface area contributed by atoms with Gasteiger partial charge in [-0.3, -0.25) is 0 Å². The van der Waals surface area contributed by atoms with Crippen molar-refractivity contribution in [3.8, 4) is 0 Å². The van der Waals surface area contributed by atoms with E-state index in [1.807, 2.05) is 19.2 Å². The summed E-state index contributed by atoms with van der Waals surface area (Å²) in [6, 6.07) is -0.0432. The maximum Gasteiger partial charge on any atom is 0.315 e. The summed E-state index contributed by atoms with van der Waals surface area (Å²) in [4.78, 5) is 16.5. The second-order valence-electron chi connectivity index (χ2n) is 5.97. The number of carbonyl (C=O) groups is 1. The molecular formula is C16H27N3O2S. The minimum absolute atomic E-state index is 0.0677. The Kier molecular flexibility index (Phi) is 6.64. The smallest absolute Gasteiger partial charge is 0.315 e. The normalized spacial score (nSPS) is 20.6. The lowest BCUT2D eigenvalue weighted by atomic mass is 10.1. The highest BCUT2D eigenvalue weighted by Gasteiger charge is 2.18. The summed E-state index contributed by atoms with van der Waals surface area (Å²) in [5.74, 6) is 0. The number of aromatic nitrogens is 1. The van der Waals surface area contributed by atoms with E-state index in [4.69, 9.17) is 4.74 Å². The summed E-state index contributed by atoms with van der Waals surface area (Å²) in [6.45, 7) is 6.98. The Balaban J connectivity index is 1.69. The Hall–Kier alpha value is -1.14. The van der Waals surface area contributed by atoms with Crippen molar-refractivity contribution in [3.05, 3.63) is 16.1 Å². The molecule has 1 fully saturated rings. The van der Waals surface area contributed by atoms with E-state index >= 15 is 0 Å². The zero-order chi connectivity index (χ0) is 15.9. The van der Waals surface area contributed by atoms with Gasteiger partial charge >= 0.3 is 6.03 Å². The largest absolute Gasteiger partial charge is 0.378 e. The average Bonchev–Trinajstić information content (AvgIpc) is 3.16. The Morgan fingerprint density at radius 2 is 2.32 bits per heavy atom. The quantitative estimate of drug-likeness (QED) is 0.807. The van der Waals surface area contributed by atoms with Gasteiger partial charge in [-0.25, -0.2) is 9.78 Å². The number of aryl methyl sites for hydroxylation is 1. The molecule has 0 saturated carbocycles. The lowest BCUT2D eigenvalue weighted by Crippen LogP contribution is -2.42. The first kappa shape index (κ1) is 17.2. The summed E-state index contributed by atoms with van der Waals surface area (Å²) in [5, 5.41) is 9.07. The summed E-state index contributed by atoms with van der Waals surface area (Å²) in [6.07, 6.45) is 5.60. The summed E-state index contributed by atoms with van der Waals surface area (Å²) >= 11 is 1.64. The van der Waals surface area contributed by atoms with Crippen LogP contribution in [0.2, 0.25) is 0 Å². The van der Waals surface area contributed by atoms with E-state index in [0.717, 1.165) is 49.4 Å². The number of urea groups is 1. The molecule has 1 aliphatic rings. The molecule has 0 radical (unpaired) electrons. The van der Waals surface area contributed by atoms with Crippen LogP contribution in [0.15, 0.2) is 5.38 Å². The standard InChI is InChI=1S/C16H27N3O2S/c1-4-15-19-14(10-22-15)12(3)18-16(20)17-11(2)7-8-13-6-5-9-21-13/h10-13H,4-9H2,1-3H3,(H2,17,18,20)/t11-,12-,13-/m0/s1. The molecule has 1 aromatic heterocycles. The first-order chi connectivity index (χ1) is 10.6. The molecule has 2 rings (SSSR count). The number of thiazole rings is 1. The molecule has 6 heteroatoms. The number of nitrogens with zero attached hydrogens (tertiary/aromatic N) is 1. The Labute approximate surface area is 136 Å². The molecule has 1 aromatic rings. The highest BCUT2D eigenvalue weighted by Crippen LogP contribution is 2.18. The Morgan fingerprint density at radius 1 is 1.50 bits per heavy atom. The molecule has 3 atom stereocenters. The van der Waals surface area contributed by atoms with Gasteiger partial charge in [0.05, 0.1) is 22.8 Å². The van der Waals surface area contributed by atoms with Crippen LogP contribution in [0.25, 0.3) is 0 Å². The van der Waals surface area contributed by atoms with Gasteiger partial charge in [-0.05, 0) is 46.0 Å². The number of rotatable bonds is 7. The van der Waals surface area contributed by atoms with Gasteiger partial charge in [0.1, 0.15) is 0 Å². The molecule has 1 aliphatic heterocycles. The maximum absolute atomic E-state index is 12.0. The van der Waals surface area contributed by atoms with Gasteiger partial charge in [-0.2, -0.15) is 0 Å². The average molecular weight is 325 g/mol. The van der Waals surface area contributed by atoms with Gasteiger partial charge in [0.2, 0.25) is 0 Å². The van der Waals surface area contributed by atoms with Gasteiger partial charge in [0.15, 0.2) is 0 Å². The van der Waals surface area contributed by atoms with Gasteiger partial charge in [0.25, 0.3) is 0 Å². The zero-order valence-corrected chi connectivity index (χ0v) is 14.5. The molecule has 124 valence electrons. The van der Waals surface area contributed by atoms with Crippen molar-refractivity contribution in [2.24, 2.45) is 0 Å². The number of hydrogen-bond donors (Lipinski definition) is 2. The van der Waals surface area contributed by atoms with Crippen molar-refractivity contribution >= 4 is 17.4 Å². The molecule has 5 nitrogen and oxygen atoms in total. The molecule has 0 spiro atoms. The molecule has 22 heavy (non-hydrogen) atoms. The number of carbonyl (C=O) groups excluding carboxylic acids is 1. The van der Waals surface area contributed by atoms with Crippen molar-refractivity contribution in [2.45, 2.75) is 71.1 Å². The van der Waals surface area contributed by atoms with Crippen LogP contribution < -0.4 is 10.6 Å². The molecule has 0 bridgehead atoms. The van der Waals surface area contributed by atoms with E-state index in [9.17, 15) is 4.79 Å². The van der Waals surface area contributed by atoms with E-state index < -0.39 is 0 Å². The second kappa shape index (κ2) is 8.48. The minimum atomic E-state index is -0.126. The number of ether oxygens (including phenoxy) is 1. The third-order valence-electron chi connectivity index (χ3n) is 3.99. The van der Waals surface area contributed by atoms with Crippen molar-refractivity contribution in [3.63, 3.8) is 0 Å². The van der Waals surface area contributed by atoms with Crippen LogP contribution in [0, 0.1) is 0 Å². The Morgan fingerprint density at radius 3 is 2.95 bits per heavy atom. The van der Waals surface area contributed by atoms with Crippen molar-refractivity contribution < 1.29 is 9.53 Å². The second-order valence-corrected chi connectivity index (χ2v) is 6.92. The predicted octanol–water partition coefficient (Wildman–Crippen LogP) is 3.41. The zero-order valence-electron chi connectivity index (χ0n) is 13.7. The van der Waals surface area contributed by atoms with E-state index in [1.165, 1.54) is 0 Å². The van der Waals surface area contributed by atoms with Gasteiger partial charge < -0.3 is 15.4 Å². The van der Waals surface area contributed by atoms with Crippen LogP contribution in [0.4, 0.5) is 4.79 Å². The van der Waals surface area contributed by atoms with Crippen LogP contribution in [0.1, 0.15) is 63.2 Å². The fraction of sp³-hybridized carbons (Fsp3) is 0.750. The highest BCUT2D eigenvalue weighted by molar-refractivity contribution is 7.09. The number of nitrogens with one attached hydrogen (secondary N) is 2. The SMILES string of the molecule is CCc1nc([C@H](C)NC(=O)N[C@@H](C)CC[C@@H]2CCCO2)cs1. The van der Waals surface area contributed by atoms with E-state index in [-0.39, 0.29) is 18.1 Å².